The molecule has 1 aromatic heterocycles. The summed E-state index contributed by atoms with van der Waals surface area (Å²) in [5, 5.41) is 10.3. The summed E-state index contributed by atoms with van der Waals surface area (Å²) in [5.74, 6) is 0.934. The minimum absolute atomic E-state index is 0.191. The number of thioether (sulfide) groups is 1. The van der Waals surface area contributed by atoms with Crippen LogP contribution in [0.1, 0.15) is 22.6 Å². The van der Waals surface area contributed by atoms with Gasteiger partial charge in [-0.3, -0.25) is 4.79 Å². The van der Waals surface area contributed by atoms with E-state index in [1.165, 1.54) is 0 Å². The zero-order valence-electron chi connectivity index (χ0n) is 8.33. The molecule has 1 amide bonds. The second-order valence-corrected chi connectivity index (χ2v) is 5.36. The minimum Gasteiger partial charge on any atom is -0.350 e. The number of rotatable bonds is 6. The Kier molecular flexibility index (Phi) is 5.97. The fraction of sp³-hybridized carbons (Fsp3) is 0.625. The summed E-state index contributed by atoms with van der Waals surface area (Å²) in [4.78, 5) is 11.4. The van der Waals surface area contributed by atoms with Crippen molar-refractivity contribution in [2.45, 2.75) is 12.8 Å². The Hall–Kier alpha value is -0.330. The van der Waals surface area contributed by atoms with Crippen LogP contribution in [0.2, 0.25) is 4.47 Å². The lowest BCUT2D eigenvalue weighted by Crippen LogP contribution is -2.24. The normalized spacial score (nSPS) is 10.3. The number of unbranched alkanes of at least 4 members (excludes halogenated alkanes) is 1. The number of aromatic nitrogens is 2. The number of hydrogen-bond donors (Lipinski definition) is 1. The van der Waals surface area contributed by atoms with Gasteiger partial charge < -0.3 is 5.32 Å². The molecule has 0 aliphatic heterocycles. The first-order valence-electron chi connectivity index (χ1n) is 4.50. The summed E-state index contributed by atoms with van der Waals surface area (Å²) in [6.07, 6.45) is 4.17. The van der Waals surface area contributed by atoms with E-state index in [1.54, 1.807) is 0 Å². The summed E-state index contributed by atoms with van der Waals surface area (Å²) in [7, 11) is 0. The quantitative estimate of drug-likeness (QED) is 0.800. The molecule has 0 fully saturated rings. The third-order valence-electron chi connectivity index (χ3n) is 1.66. The maximum Gasteiger partial charge on any atom is 0.282 e. The smallest absolute Gasteiger partial charge is 0.282 e. The van der Waals surface area contributed by atoms with Gasteiger partial charge in [0.2, 0.25) is 9.47 Å². The zero-order valence-corrected chi connectivity index (χ0v) is 10.7. The van der Waals surface area contributed by atoms with Crippen molar-refractivity contribution in [1.82, 2.24) is 15.5 Å². The SMILES string of the molecule is CSCCCCNC(=O)c1nnc(Cl)s1. The fourth-order valence-corrected chi connectivity index (χ4v) is 2.18. The first-order chi connectivity index (χ1) is 7.24. The number of carbonyl (C=O) groups excluding carboxylic acids is 1. The molecule has 0 aliphatic rings. The highest BCUT2D eigenvalue weighted by molar-refractivity contribution is 7.98. The lowest BCUT2D eigenvalue weighted by Gasteiger charge is -2.01. The molecule has 1 N–H and O–H groups in total. The van der Waals surface area contributed by atoms with Gasteiger partial charge in [-0.05, 0) is 36.5 Å². The van der Waals surface area contributed by atoms with Crippen LogP contribution < -0.4 is 5.32 Å². The molecular weight excluding hydrogens is 254 g/mol. The number of nitrogens with one attached hydrogen (secondary N) is 1. The van der Waals surface area contributed by atoms with Gasteiger partial charge in [0, 0.05) is 6.54 Å². The predicted molar refractivity (Wildman–Crippen MR) is 64.9 cm³/mol. The molecule has 0 atom stereocenters. The van der Waals surface area contributed by atoms with Crippen molar-refractivity contribution in [3.8, 4) is 0 Å². The van der Waals surface area contributed by atoms with Crippen LogP contribution in [0.5, 0.6) is 0 Å². The molecule has 7 heteroatoms. The van der Waals surface area contributed by atoms with Crippen LogP contribution in [-0.2, 0) is 0 Å². The second-order valence-electron chi connectivity index (χ2n) is 2.82. The van der Waals surface area contributed by atoms with Crippen LogP contribution in [0.3, 0.4) is 0 Å². The fourth-order valence-electron chi connectivity index (χ4n) is 0.946. The molecule has 0 spiro atoms. The molecule has 0 saturated heterocycles. The molecule has 0 saturated carbocycles. The number of nitrogens with zero attached hydrogens (tertiary/aromatic N) is 2. The Bertz CT molecular complexity index is 319. The molecule has 15 heavy (non-hydrogen) atoms. The molecule has 0 radical (unpaired) electrons. The highest BCUT2D eigenvalue weighted by Gasteiger charge is 2.10. The summed E-state index contributed by atoms with van der Waals surface area (Å²) in [6.45, 7) is 0.677. The van der Waals surface area contributed by atoms with Crippen molar-refractivity contribution < 1.29 is 4.79 Å². The Morgan fingerprint density at radius 2 is 2.33 bits per heavy atom. The van der Waals surface area contributed by atoms with Crippen molar-refractivity contribution in [3.05, 3.63) is 9.47 Å². The Labute approximate surface area is 102 Å². The van der Waals surface area contributed by atoms with Crippen LogP contribution in [0.25, 0.3) is 0 Å². The molecule has 0 unspecified atom stereocenters. The predicted octanol–water partition coefficient (Wildman–Crippen LogP) is 2.06. The van der Waals surface area contributed by atoms with E-state index in [2.05, 4.69) is 21.8 Å². The van der Waals surface area contributed by atoms with Gasteiger partial charge in [-0.2, -0.15) is 11.8 Å². The molecule has 84 valence electrons. The van der Waals surface area contributed by atoms with Gasteiger partial charge in [-0.15, -0.1) is 10.2 Å². The largest absolute Gasteiger partial charge is 0.350 e. The van der Waals surface area contributed by atoms with E-state index >= 15 is 0 Å². The van der Waals surface area contributed by atoms with E-state index in [1.807, 2.05) is 11.8 Å². The molecule has 1 rings (SSSR count). The number of hydrogen-bond acceptors (Lipinski definition) is 5. The standard InChI is InChI=1S/C8H12ClN3OS2/c1-14-5-3-2-4-10-6(13)7-11-12-8(9)15-7/h2-5H2,1H3,(H,10,13). The van der Waals surface area contributed by atoms with Crippen LogP contribution in [0.15, 0.2) is 0 Å². The van der Waals surface area contributed by atoms with Gasteiger partial charge in [-0.25, -0.2) is 0 Å². The minimum atomic E-state index is -0.191. The summed E-state index contributed by atoms with van der Waals surface area (Å²) in [5.41, 5.74) is 0. The molecule has 1 aromatic rings. The van der Waals surface area contributed by atoms with Gasteiger partial charge in [0.15, 0.2) is 0 Å². The van der Waals surface area contributed by atoms with Crippen LogP contribution in [0, 0.1) is 0 Å². The van der Waals surface area contributed by atoms with E-state index in [0.717, 1.165) is 29.9 Å². The van der Waals surface area contributed by atoms with Crippen molar-refractivity contribution >= 4 is 40.6 Å². The van der Waals surface area contributed by atoms with E-state index in [9.17, 15) is 4.79 Å². The van der Waals surface area contributed by atoms with Crippen LogP contribution >= 0.6 is 34.7 Å². The van der Waals surface area contributed by atoms with Crippen molar-refractivity contribution in [2.24, 2.45) is 0 Å². The maximum atomic E-state index is 11.4. The lowest BCUT2D eigenvalue weighted by molar-refractivity contribution is 0.0952. The Morgan fingerprint density at radius 1 is 1.53 bits per heavy atom. The van der Waals surface area contributed by atoms with Gasteiger partial charge in [0.05, 0.1) is 0 Å². The van der Waals surface area contributed by atoms with Gasteiger partial charge >= 0.3 is 0 Å². The number of amides is 1. The topological polar surface area (TPSA) is 54.9 Å². The average Bonchev–Trinajstić information content (AvgIpc) is 2.64. The molecule has 0 aliphatic carbocycles. The highest BCUT2D eigenvalue weighted by atomic mass is 35.5. The Balaban J connectivity index is 2.19. The third-order valence-corrected chi connectivity index (χ3v) is 3.37. The first kappa shape index (κ1) is 12.7. The molecule has 1 heterocycles. The van der Waals surface area contributed by atoms with Crippen molar-refractivity contribution in [1.29, 1.82) is 0 Å². The van der Waals surface area contributed by atoms with Crippen LogP contribution in [0.4, 0.5) is 0 Å². The molecule has 0 bridgehead atoms. The van der Waals surface area contributed by atoms with Gasteiger partial charge in [0.25, 0.3) is 5.91 Å². The number of carbonyl (C=O) groups is 1. The summed E-state index contributed by atoms with van der Waals surface area (Å²) in [6, 6.07) is 0. The van der Waals surface area contributed by atoms with E-state index in [-0.39, 0.29) is 5.91 Å². The number of halogens is 1. The highest BCUT2D eigenvalue weighted by Crippen LogP contribution is 2.14. The first-order valence-corrected chi connectivity index (χ1v) is 7.09. The van der Waals surface area contributed by atoms with E-state index in [0.29, 0.717) is 16.0 Å². The monoisotopic (exact) mass is 265 g/mol. The second kappa shape index (κ2) is 7.03. The molecule has 0 aromatic carbocycles. The summed E-state index contributed by atoms with van der Waals surface area (Å²) < 4.78 is 0.294. The zero-order chi connectivity index (χ0) is 11.1. The third kappa shape index (κ3) is 4.81. The lowest BCUT2D eigenvalue weighted by atomic mass is 10.3. The Morgan fingerprint density at radius 3 is 2.93 bits per heavy atom. The molecule has 4 nitrogen and oxygen atoms in total. The van der Waals surface area contributed by atoms with Gasteiger partial charge in [-0.1, -0.05) is 11.3 Å². The van der Waals surface area contributed by atoms with Gasteiger partial charge in [0.1, 0.15) is 0 Å². The van der Waals surface area contributed by atoms with Crippen molar-refractivity contribution in [3.63, 3.8) is 0 Å². The average molecular weight is 266 g/mol. The summed E-state index contributed by atoms with van der Waals surface area (Å²) >= 11 is 8.47. The van der Waals surface area contributed by atoms with Crippen molar-refractivity contribution in [2.75, 3.05) is 18.6 Å². The van der Waals surface area contributed by atoms with E-state index in [4.69, 9.17) is 11.6 Å². The van der Waals surface area contributed by atoms with Crippen LogP contribution in [-0.4, -0.2) is 34.7 Å². The maximum absolute atomic E-state index is 11.4. The molecular formula is C8H12ClN3OS2. The van der Waals surface area contributed by atoms with E-state index < -0.39 is 0 Å².